The molecular formula is C10H15N. The highest BCUT2D eigenvalue weighted by Crippen LogP contribution is 2.15. The number of hydrogen-bond donors (Lipinski definition) is 1. The van der Waals surface area contributed by atoms with Gasteiger partial charge in [-0.05, 0) is 23.8 Å². The molecule has 0 amide bonds. The zero-order valence-electron chi connectivity index (χ0n) is 6.75. The van der Waals surface area contributed by atoms with Crippen LogP contribution in [0.25, 0.3) is 5.57 Å². The minimum Gasteiger partial charge on any atom is -0.404 e. The van der Waals surface area contributed by atoms with Gasteiger partial charge in [-0.1, -0.05) is 37.3 Å². The summed E-state index contributed by atoms with van der Waals surface area (Å²) >= 11 is 0. The van der Waals surface area contributed by atoms with Crippen LogP contribution in [0.2, 0.25) is 0 Å². The van der Waals surface area contributed by atoms with E-state index >= 15 is 0 Å². The maximum atomic E-state index is 5.45. The number of nitrogens with two attached hydrogens (primary N) is 1. The quantitative estimate of drug-likeness (QED) is 0.687. The van der Waals surface area contributed by atoms with Crippen LogP contribution in [0.3, 0.4) is 0 Å². The third-order valence-electron chi connectivity index (χ3n) is 1.73. The second kappa shape index (κ2) is 3.81. The summed E-state index contributed by atoms with van der Waals surface area (Å²) in [4.78, 5) is 0. The van der Waals surface area contributed by atoms with Crippen molar-refractivity contribution >= 4 is 5.57 Å². The smallest absolute Gasteiger partial charge is 0 e. The molecule has 0 aromatic heterocycles. The zero-order valence-corrected chi connectivity index (χ0v) is 6.75. The monoisotopic (exact) mass is 149 g/mol. The van der Waals surface area contributed by atoms with E-state index in [9.17, 15) is 0 Å². The van der Waals surface area contributed by atoms with Gasteiger partial charge in [-0.15, -0.1) is 0 Å². The van der Waals surface area contributed by atoms with E-state index in [1.165, 1.54) is 11.1 Å². The fraction of sp³-hybridized carbons (Fsp3) is 0.200. The summed E-state index contributed by atoms with van der Waals surface area (Å²) < 4.78 is 0. The van der Waals surface area contributed by atoms with E-state index in [0.29, 0.717) is 0 Å². The maximum Gasteiger partial charge on any atom is 0 e. The Morgan fingerprint density at radius 1 is 1.45 bits per heavy atom. The molecule has 0 atom stereocenters. The molecule has 1 rings (SSSR count). The molecule has 0 fully saturated rings. The van der Waals surface area contributed by atoms with Crippen molar-refractivity contribution < 1.29 is 1.43 Å². The Labute approximate surface area is 69.0 Å². The van der Waals surface area contributed by atoms with E-state index in [0.717, 1.165) is 6.42 Å². The van der Waals surface area contributed by atoms with Crippen molar-refractivity contribution in [2.75, 3.05) is 0 Å². The van der Waals surface area contributed by atoms with Crippen LogP contribution < -0.4 is 5.73 Å². The molecule has 0 saturated heterocycles. The van der Waals surface area contributed by atoms with Gasteiger partial charge in [-0.25, -0.2) is 0 Å². The van der Waals surface area contributed by atoms with Crippen molar-refractivity contribution in [2.45, 2.75) is 13.3 Å². The van der Waals surface area contributed by atoms with E-state index in [4.69, 9.17) is 5.73 Å². The first-order valence-corrected chi connectivity index (χ1v) is 3.84. The van der Waals surface area contributed by atoms with Crippen molar-refractivity contribution in [1.29, 1.82) is 0 Å². The lowest BCUT2D eigenvalue weighted by atomic mass is 10.1. The third-order valence-corrected chi connectivity index (χ3v) is 1.73. The van der Waals surface area contributed by atoms with Crippen LogP contribution in [0, 0.1) is 0 Å². The van der Waals surface area contributed by atoms with Gasteiger partial charge in [0.2, 0.25) is 0 Å². The van der Waals surface area contributed by atoms with Gasteiger partial charge in [0.05, 0.1) is 0 Å². The molecule has 0 radical (unpaired) electrons. The summed E-state index contributed by atoms with van der Waals surface area (Å²) in [5, 5.41) is 0. The molecular weight excluding hydrogens is 134 g/mol. The van der Waals surface area contributed by atoms with E-state index in [-0.39, 0.29) is 1.43 Å². The van der Waals surface area contributed by atoms with Crippen LogP contribution >= 0.6 is 0 Å². The topological polar surface area (TPSA) is 26.0 Å². The lowest BCUT2D eigenvalue weighted by Gasteiger charge is -2.01. The summed E-state index contributed by atoms with van der Waals surface area (Å²) in [6.45, 7) is 2.10. The summed E-state index contributed by atoms with van der Waals surface area (Å²) in [5.74, 6) is 0. The molecule has 11 heavy (non-hydrogen) atoms. The standard InChI is InChI=1S/C10H13N.H2/c1-2-9(8-11)10-6-4-3-5-7-10;/h3-8H,2,11H2,1H3;1H/b9-8-;. The summed E-state index contributed by atoms with van der Waals surface area (Å²) in [5.41, 5.74) is 7.87. The Bertz CT molecular complexity index is 241. The summed E-state index contributed by atoms with van der Waals surface area (Å²) in [6.07, 6.45) is 2.66. The molecule has 1 heteroatoms. The predicted molar refractivity (Wildman–Crippen MR) is 51.0 cm³/mol. The van der Waals surface area contributed by atoms with Gasteiger partial charge in [0.15, 0.2) is 0 Å². The van der Waals surface area contributed by atoms with Crippen molar-refractivity contribution in [1.82, 2.24) is 0 Å². The first kappa shape index (κ1) is 7.86. The average Bonchev–Trinajstić information content (AvgIpc) is 2.09. The van der Waals surface area contributed by atoms with Gasteiger partial charge in [-0.3, -0.25) is 0 Å². The first-order valence-electron chi connectivity index (χ1n) is 3.84. The minimum absolute atomic E-state index is 0. The van der Waals surface area contributed by atoms with Crippen molar-refractivity contribution in [2.24, 2.45) is 5.73 Å². The normalized spacial score (nSPS) is 11.5. The largest absolute Gasteiger partial charge is 0.404 e. The van der Waals surface area contributed by atoms with Crippen LogP contribution in [-0.2, 0) is 0 Å². The molecule has 1 aromatic carbocycles. The SMILES string of the molecule is CC/C(=C/N)c1ccccc1.[HH]. The van der Waals surface area contributed by atoms with Crippen LogP contribution in [-0.4, -0.2) is 0 Å². The Kier molecular flexibility index (Phi) is 2.73. The number of allylic oxidation sites excluding steroid dienone is 1. The minimum atomic E-state index is 0. The Morgan fingerprint density at radius 3 is 2.55 bits per heavy atom. The number of benzene rings is 1. The Morgan fingerprint density at radius 2 is 2.09 bits per heavy atom. The van der Waals surface area contributed by atoms with Crippen molar-refractivity contribution in [3.8, 4) is 0 Å². The predicted octanol–water partition coefficient (Wildman–Crippen LogP) is 2.64. The van der Waals surface area contributed by atoms with E-state index in [1.54, 1.807) is 6.20 Å². The van der Waals surface area contributed by atoms with Crippen molar-refractivity contribution in [3.63, 3.8) is 0 Å². The van der Waals surface area contributed by atoms with Crippen LogP contribution in [0.1, 0.15) is 20.3 Å². The number of rotatable bonds is 2. The second-order valence-electron chi connectivity index (χ2n) is 2.41. The lowest BCUT2D eigenvalue weighted by Crippen LogP contribution is -1.87. The summed E-state index contributed by atoms with van der Waals surface area (Å²) in [7, 11) is 0. The lowest BCUT2D eigenvalue weighted by molar-refractivity contribution is 1.23. The maximum absolute atomic E-state index is 5.45. The van der Waals surface area contributed by atoms with Gasteiger partial charge >= 0.3 is 0 Å². The molecule has 2 N–H and O–H groups in total. The zero-order chi connectivity index (χ0) is 8.10. The van der Waals surface area contributed by atoms with E-state index in [1.807, 2.05) is 18.2 Å². The molecule has 0 aliphatic heterocycles. The average molecular weight is 149 g/mol. The molecule has 0 bridgehead atoms. The molecule has 0 aliphatic rings. The van der Waals surface area contributed by atoms with E-state index in [2.05, 4.69) is 19.1 Å². The Balaban J connectivity index is 0.00000121. The summed E-state index contributed by atoms with van der Waals surface area (Å²) in [6, 6.07) is 10.2. The van der Waals surface area contributed by atoms with Gasteiger partial charge < -0.3 is 5.73 Å². The van der Waals surface area contributed by atoms with Gasteiger partial charge in [-0.2, -0.15) is 0 Å². The highest BCUT2D eigenvalue weighted by atomic mass is 14.5. The molecule has 0 aliphatic carbocycles. The van der Waals surface area contributed by atoms with Crippen molar-refractivity contribution in [3.05, 3.63) is 42.1 Å². The fourth-order valence-electron chi connectivity index (χ4n) is 1.07. The molecule has 0 heterocycles. The third kappa shape index (κ3) is 1.84. The molecule has 0 unspecified atom stereocenters. The van der Waals surface area contributed by atoms with Gasteiger partial charge in [0.1, 0.15) is 0 Å². The molecule has 0 spiro atoms. The highest BCUT2D eigenvalue weighted by Gasteiger charge is 1.94. The molecule has 1 aromatic rings. The first-order chi connectivity index (χ1) is 5.38. The molecule has 1 nitrogen and oxygen atoms in total. The van der Waals surface area contributed by atoms with Crippen LogP contribution in [0.15, 0.2) is 36.5 Å². The van der Waals surface area contributed by atoms with Crippen LogP contribution in [0.4, 0.5) is 0 Å². The number of hydrogen-bond acceptors (Lipinski definition) is 1. The van der Waals surface area contributed by atoms with Crippen LogP contribution in [0.5, 0.6) is 0 Å². The highest BCUT2D eigenvalue weighted by molar-refractivity contribution is 5.64. The van der Waals surface area contributed by atoms with E-state index < -0.39 is 0 Å². The molecule has 60 valence electrons. The van der Waals surface area contributed by atoms with Gasteiger partial charge in [0, 0.05) is 1.43 Å². The second-order valence-corrected chi connectivity index (χ2v) is 2.41. The molecule has 0 saturated carbocycles. The Hall–Kier alpha value is -1.24. The fourth-order valence-corrected chi connectivity index (χ4v) is 1.07. The van der Waals surface area contributed by atoms with Gasteiger partial charge in [0.25, 0.3) is 0 Å².